The molecule has 0 saturated carbocycles. The van der Waals surface area contributed by atoms with Crippen molar-refractivity contribution < 1.29 is 17.1 Å². The van der Waals surface area contributed by atoms with Gasteiger partial charge in [0.15, 0.2) is 0 Å². The summed E-state index contributed by atoms with van der Waals surface area (Å²) in [7, 11) is 6.52. The van der Waals surface area contributed by atoms with Gasteiger partial charge < -0.3 is 41.0 Å². The molecule has 0 amide bonds. The second-order valence-corrected chi connectivity index (χ2v) is 13.0. The summed E-state index contributed by atoms with van der Waals surface area (Å²) in [6.45, 7) is 11.8. The van der Waals surface area contributed by atoms with Crippen molar-refractivity contribution in [2.45, 2.75) is 63.2 Å². The SMILES string of the molecule is CC(C)(C)[c-]1c(-c2ccccc2)cc(CP)c1C(P)(C1CCCNC1)C1CCCNC1.[Fe].[cH-]1[cH-][cH-][cH-][cH-]1. The van der Waals surface area contributed by atoms with E-state index in [-0.39, 0.29) is 27.6 Å². The molecule has 4 unspecified atom stereocenters. The zero-order valence-corrected chi connectivity index (χ0v) is 26.3. The smallest absolute Gasteiger partial charge is 0.000841 e. The average Bonchev–Trinajstić information content (AvgIpc) is 3.62. The fraction of sp³-hybridized carbons (Fsp3) is 0.500. The van der Waals surface area contributed by atoms with Gasteiger partial charge in [-0.05, 0) is 69.1 Å². The third-order valence-electron chi connectivity index (χ3n) is 8.15. The molecule has 0 aliphatic carbocycles. The maximum atomic E-state index is 3.74. The van der Waals surface area contributed by atoms with Gasteiger partial charge in [0.2, 0.25) is 0 Å². The van der Waals surface area contributed by atoms with Crippen LogP contribution in [0.25, 0.3) is 11.1 Å². The molecule has 0 aromatic heterocycles. The topological polar surface area (TPSA) is 24.1 Å². The Hall–Kier alpha value is -0.781. The molecule has 5 heteroatoms. The van der Waals surface area contributed by atoms with Crippen molar-refractivity contribution in [1.82, 2.24) is 10.6 Å². The van der Waals surface area contributed by atoms with Crippen molar-refractivity contribution in [3.63, 3.8) is 0 Å². The molecule has 0 spiro atoms. The van der Waals surface area contributed by atoms with Crippen molar-refractivity contribution in [1.29, 1.82) is 0 Å². The molecule has 0 radical (unpaired) electrons. The van der Waals surface area contributed by atoms with Crippen molar-refractivity contribution in [3.8, 4) is 11.1 Å². The Labute approximate surface area is 241 Å². The Bertz CT molecular complexity index is 1010. The number of hydrogen-bond acceptors (Lipinski definition) is 2. The summed E-state index contributed by atoms with van der Waals surface area (Å²) in [5.41, 5.74) is 7.63. The summed E-state index contributed by atoms with van der Waals surface area (Å²) in [5.74, 6) is 1.30. The van der Waals surface area contributed by atoms with E-state index in [2.05, 4.69) is 86.3 Å². The van der Waals surface area contributed by atoms with E-state index in [1.54, 1.807) is 11.1 Å². The molecule has 2 aliphatic heterocycles. The first-order chi connectivity index (χ1) is 17.4. The number of benzene rings is 1. The van der Waals surface area contributed by atoms with E-state index in [9.17, 15) is 0 Å². The van der Waals surface area contributed by atoms with E-state index in [1.165, 1.54) is 55.5 Å². The van der Waals surface area contributed by atoms with Gasteiger partial charge in [-0.25, -0.2) is 0 Å². The van der Waals surface area contributed by atoms with Gasteiger partial charge in [-0.15, -0.1) is 35.2 Å². The molecule has 3 aromatic carbocycles. The average molecular weight is 577 g/mol. The Morgan fingerprint density at radius 2 is 1.41 bits per heavy atom. The number of hydrogen-bond donors (Lipinski definition) is 2. The molecule has 2 fully saturated rings. The minimum atomic E-state index is 0. The van der Waals surface area contributed by atoms with Crippen LogP contribution < -0.4 is 10.6 Å². The normalized spacial score (nSPS) is 21.8. The van der Waals surface area contributed by atoms with E-state index in [4.69, 9.17) is 0 Å². The molecule has 2 heterocycles. The molecular formula is C32H46FeN2P2-6. The van der Waals surface area contributed by atoms with Gasteiger partial charge in [0, 0.05) is 22.2 Å². The molecule has 5 rings (SSSR count). The Kier molecular flexibility index (Phi) is 11.7. The monoisotopic (exact) mass is 576 g/mol. The van der Waals surface area contributed by atoms with Crippen molar-refractivity contribution >= 4 is 18.5 Å². The van der Waals surface area contributed by atoms with Crippen LogP contribution >= 0.6 is 18.5 Å². The standard InChI is InChI=1S/C27H41N2P2.C5H5.Fe/c1-26(2,3)25-23(19-9-5-4-6-10-19)15-20(18-30)24(25)27(31,21-11-7-13-28-16-21)22-12-8-14-29-17-22;1-2-4-5-3-1;/h4-6,9-10,15,21-22,28-29H,7-8,11-14,16-18,30-31H2,1-3H3;1-5H;/q-1;-5;. The fourth-order valence-electron chi connectivity index (χ4n) is 6.48. The minimum absolute atomic E-state index is 0. The predicted molar refractivity (Wildman–Crippen MR) is 164 cm³/mol. The molecule has 208 valence electrons. The van der Waals surface area contributed by atoms with Crippen LogP contribution in [-0.2, 0) is 33.8 Å². The van der Waals surface area contributed by atoms with Crippen molar-refractivity contribution in [2.75, 3.05) is 26.2 Å². The largest absolute Gasteiger partial charge is 0.748 e. The zero-order valence-electron chi connectivity index (χ0n) is 22.9. The summed E-state index contributed by atoms with van der Waals surface area (Å²) in [6, 6.07) is 23.6. The summed E-state index contributed by atoms with van der Waals surface area (Å²) in [6.07, 6.45) is 6.22. The maximum absolute atomic E-state index is 3.74. The van der Waals surface area contributed by atoms with Gasteiger partial charge in [0.25, 0.3) is 0 Å². The number of nitrogens with one attached hydrogen (secondary N) is 2. The summed E-state index contributed by atoms with van der Waals surface area (Å²) >= 11 is 0. The Balaban J connectivity index is 0.000000568. The molecule has 2 saturated heterocycles. The first-order valence-corrected chi connectivity index (χ1v) is 15.2. The molecule has 0 bridgehead atoms. The molecule has 37 heavy (non-hydrogen) atoms. The predicted octanol–water partition coefficient (Wildman–Crippen LogP) is 7.22. The van der Waals surface area contributed by atoms with Crippen molar-refractivity contribution in [3.05, 3.63) is 83.4 Å². The second-order valence-electron chi connectivity index (χ2n) is 11.6. The molecular weight excluding hydrogens is 530 g/mol. The molecule has 4 atom stereocenters. The molecule has 2 aliphatic rings. The van der Waals surface area contributed by atoms with Crippen LogP contribution in [0.2, 0.25) is 0 Å². The third-order valence-corrected chi connectivity index (χ3v) is 9.82. The van der Waals surface area contributed by atoms with E-state index >= 15 is 0 Å². The van der Waals surface area contributed by atoms with Crippen LogP contribution in [0.3, 0.4) is 0 Å². The fourth-order valence-corrected chi connectivity index (χ4v) is 7.70. The quantitative estimate of drug-likeness (QED) is 0.191. The summed E-state index contributed by atoms with van der Waals surface area (Å²) < 4.78 is 0. The molecule has 2 nitrogen and oxygen atoms in total. The van der Waals surface area contributed by atoms with Gasteiger partial charge in [-0.1, -0.05) is 62.8 Å². The summed E-state index contributed by atoms with van der Waals surface area (Å²) in [4.78, 5) is 0. The summed E-state index contributed by atoms with van der Waals surface area (Å²) in [5, 5.41) is 7.59. The van der Waals surface area contributed by atoms with Crippen LogP contribution in [0.5, 0.6) is 0 Å². The van der Waals surface area contributed by atoms with Crippen LogP contribution in [0.1, 0.15) is 63.1 Å². The van der Waals surface area contributed by atoms with E-state index in [0.717, 1.165) is 19.3 Å². The zero-order chi connectivity index (χ0) is 25.6. The van der Waals surface area contributed by atoms with Crippen molar-refractivity contribution in [2.24, 2.45) is 11.8 Å². The van der Waals surface area contributed by atoms with Crippen LogP contribution in [0.15, 0.2) is 66.7 Å². The second kappa shape index (κ2) is 14.0. The molecule has 3 aromatic rings. The Morgan fingerprint density at radius 3 is 1.81 bits per heavy atom. The third kappa shape index (κ3) is 7.06. The van der Waals surface area contributed by atoms with Gasteiger partial charge in [0.1, 0.15) is 0 Å². The first kappa shape index (κ1) is 30.8. The number of piperidine rings is 2. The van der Waals surface area contributed by atoms with Gasteiger partial charge in [-0.2, -0.15) is 11.6 Å². The molecule has 2 N–H and O–H groups in total. The van der Waals surface area contributed by atoms with E-state index < -0.39 is 0 Å². The first-order valence-electron chi connectivity index (χ1n) is 13.8. The number of rotatable bonds is 5. The maximum Gasteiger partial charge on any atom is 0.000841 e. The van der Waals surface area contributed by atoms with E-state index in [1.807, 2.05) is 30.3 Å². The van der Waals surface area contributed by atoms with Gasteiger partial charge in [0.05, 0.1) is 0 Å². The van der Waals surface area contributed by atoms with Gasteiger partial charge >= 0.3 is 0 Å². The Morgan fingerprint density at radius 1 is 0.892 bits per heavy atom. The van der Waals surface area contributed by atoms with Crippen LogP contribution in [0.4, 0.5) is 0 Å². The van der Waals surface area contributed by atoms with Gasteiger partial charge in [-0.3, -0.25) is 0 Å². The van der Waals surface area contributed by atoms with Crippen LogP contribution in [-0.4, -0.2) is 26.2 Å². The minimum Gasteiger partial charge on any atom is -0.748 e. The van der Waals surface area contributed by atoms with Crippen LogP contribution in [0, 0.1) is 11.8 Å². The van der Waals surface area contributed by atoms with E-state index in [0.29, 0.717) is 11.8 Å².